The summed E-state index contributed by atoms with van der Waals surface area (Å²) in [4.78, 5) is 4.06. The number of aliphatic hydroxyl groups is 1. The van der Waals surface area contributed by atoms with Crippen LogP contribution >= 0.6 is 11.6 Å². The molecular weight excluding hydrogens is 278 g/mol. The van der Waals surface area contributed by atoms with Crippen LogP contribution in [0.15, 0.2) is 24.5 Å². The number of nitrogens with zero attached hydrogens (tertiary/aromatic N) is 4. The number of aryl methyl sites for hydroxylation is 1. The summed E-state index contributed by atoms with van der Waals surface area (Å²) >= 11 is 5.81. The predicted octanol–water partition coefficient (Wildman–Crippen LogP) is 1.66. The van der Waals surface area contributed by atoms with Gasteiger partial charge in [0.2, 0.25) is 0 Å². The second kappa shape index (κ2) is 5.49. The largest absolute Gasteiger partial charge is 0.383 e. The van der Waals surface area contributed by atoms with Gasteiger partial charge < -0.3 is 10.4 Å². The van der Waals surface area contributed by atoms with E-state index < -0.39 is 5.60 Å². The van der Waals surface area contributed by atoms with Gasteiger partial charge in [-0.3, -0.25) is 4.68 Å². The molecule has 0 unspecified atom stereocenters. The lowest BCUT2D eigenvalue weighted by atomic mass is 10.00. The van der Waals surface area contributed by atoms with Gasteiger partial charge in [0.1, 0.15) is 17.5 Å². The molecule has 2 heterocycles. The number of hydrogen-bond acceptors (Lipinski definition) is 5. The molecule has 0 aromatic carbocycles. The number of hydrogen-bond donors (Lipinski definition) is 2. The van der Waals surface area contributed by atoms with E-state index >= 15 is 0 Å². The summed E-state index contributed by atoms with van der Waals surface area (Å²) < 4.78 is 1.62. The fraction of sp³-hybridized carbons (Fsp3) is 0.308. The van der Waals surface area contributed by atoms with Crippen LogP contribution in [0.25, 0.3) is 0 Å². The molecule has 0 radical (unpaired) electrons. The van der Waals surface area contributed by atoms with E-state index in [4.69, 9.17) is 16.9 Å². The minimum Gasteiger partial charge on any atom is -0.383 e. The quantitative estimate of drug-likeness (QED) is 0.894. The lowest BCUT2D eigenvalue weighted by molar-refractivity contribution is 0.0713. The van der Waals surface area contributed by atoms with Crippen LogP contribution < -0.4 is 5.32 Å². The van der Waals surface area contributed by atoms with E-state index in [1.165, 1.54) is 0 Å². The van der Waals surface area contributed by atoms with Gasteiger partial charge in [-0.05, 0) is 19.1 Å². The van der Waals surface area contributed by atoms with Crippen LogP contribution in [-0.2, 0) is 12.6 Å². The molecule has 2 rings (SSSR count). The van der Waals surface area contributed by atoms with Crippen molar-refractivity contribution in [1.82, 2.24) is 14.8 Å². The summed E-state index contributed by atoms with van der Waals surface area (Å²) in [6.45, 7) is 1.91. The van der Waals surface area contributed by atoms with Gasteiger partial charge >= 0.3 is 0 Å². The van der Waals surface area contributed by atoms with Gasteiger partial charge in [-0.15, -0.1) is 0 Å². The van der Waals surface area contributed by atoms with Gasteiger partial charge in [-0.2, -0.15) is 10.4 Å². The standard InChI is InChI=1S/C13H14ClN5O/c1-13(20,9-6-17-19(2)7-9)8-16-12-4-3-10(14)11(5-15)18-12/h3-4,6-7,20H,8H2,1-2H3,(H,16,18)/t13-/m0/s1. The Balaban J connectivity index is 2.10. The zero-order valence-electron chi connectivity index (χ0n) is 11.1. The average Bonchev–Trinajstić information content (AvgIpc) is 2.85. The van der Waals surface area contributed by atoms with Crippen molar-refractivity contribution in [3.63, 3.8) is 0 Å². The highest BCUT2D eigenvalue weighted by molar-refractivity contribution is 6.31. The van der Waals surface area contributed by atoms with E-state index in [2.05, 4.69) is 15.4 Å². The third-order valence-corrected chi connectivity index (χ3v) is 3.20. The molecule has 0 aliphatic carbocycles. The van der Waals surface area contributed by atoms with E-state index in [-0.39, 0.29) is 12.2 Å². The van der Waals surface area contributed by atoms with E-state index in [9.17, 15) is 5.11 Å². The normalized spacial score (nSPS) is 13.6. The first kappa shape index (κ1) is 14.3. The number of rotatable bonds is 4. The fourth-order valence-corrected chi connectivity index (χ4v) is 1.83. The molecule has 1 atom stereocenters. The van der Waals surface area contributed by atoms with Gasteiger partial charge in [0.25, 0.3) is 0 Å². The SMILES string of the molecule is Cn1cc([C@@](C)(O)CNc2ccc(Cl)c(C#N)n2)cn1. The molecule has 6 nitrogen and oxygen atoms in total. The van der Waals surface area contributed by atoms with Gasteiger partial charge in [0.15, 0.2) is 5.69 Å². The van der Waals surface area contributed by atoms with Gasteiger partial charge in [0.05, 0.1) is 11.2 Å². The van der Waals surface area contributed by atoms with Crippen LogP contribution in [0.2, 0.25) is 5.02 Å². The molecule has 0 aliphatic rings. The maximum absolute atomic E-state index is 10.4. The second-order valence-corrected chi connectivity index (χ2v) is 5.08. The van der Waals surface area contributed by atoms with Crippen molar-refractivity contribution in [2.75, 3.05) is 11.9 Å². The van der Waals surface area contributed by atoms with E-state index in [1.807, 2.05) is 6.07 Å². The van der Waals surface area contributed by atoms with Crippen LogP contribution in [0, 0.1) is 11.3 Å². The molecule has 0 aliphatic heterocycles. The van der Waals surface area contributed by atoms with Crippen LogP contribution in [0.4, 0.5) is 5.82 Å². The minimum absolute atomic E-state index is 0.151. The van der Waals surface area contributed by atoms with Crippen LogP contribution in [0.3, 0.4) is 0 Å². The Morgan fingerprint density at radius 2 is 2.30 bits per heavy atom. The lowest BCUT2D eigenvalue weighted by Crippen LogP contribution is -2.30. The minimum atomic E-state index is -1.09. The highest BCUT2D eigenvalue weighted by atomic mass is 35.5. The van der Waals surface area contributed by atoms with Crippen molar-refractivity contribution in [3.8, 4) is 6.07 Å². The van der Waals surface area contributed by atoms with Crippen LogP contribution in [0.1, 0.15) is 18.2 Å². The highest BCUT2D eigenvalue weighted by Crippen LogP contribution is 2.21. The molecule has 7 heteroatoms. The van der Waals surface area contributed by atoms with Crippen molar-refractivity contribution in [2.45, 2.75) is 12.5 Å². The first-order valence-corrected chi connectivity index (χ1v) is 6.32. The number of nitrogens with one attached hydrogen (secondary N) is 1. The molecule has 20 heavy (non-hydrogen) atoms. The van der Waals surface area contributed by atoms with Gasteiger partial charge in [0, 0.05) is 25.4 Å². The van der Waals surface area contributed by atoms with Crippen molar-refractivity contribution < 1.29 is 5.11 Å². The molecule has 2 N–H and O–H groups in total. The Kier molecular flexibility index (Phi) is 3.93. The van der Waals surface area contributed by atoms with E-state index in [0.717, 1.165) is 0 Å². The Morgan fingerprint density at radius 1 is 1.55 bits per heavy atom. The second-order valence-electron chi connectivity index (χ2n) is 4.67. The fourth-order valence-electron chi connectivity index (χ4n) is 1.68. The molecule has 0 spiro atoms. The Morgan fingerprint density at radius 3 is 2.90 bits per heavy atom. The summed E-state index contributed by atoms with van der Waals surface area (Å²) in [6.07, 6.45) is 3.36. The van der Waals surface area contributed by atoms with Crippen molar-refractivity contribution >= 4 is 17.4 Å². The Bertz CT molecular complexity index is 659. The summed E-state index contributed by atoms with van der Waals surface area (Å²) in [5.74, 6) is 0.482. The Hall–Kier alpha value is -2.10. The smallest absolute Gasteiger partial charge is 0.161 e. The number of aromatic nitrogens is 3. The number of nitriles is 1. The van der Waals surface area contributed by atoms with Gasteiger partial charge in [-0.1, -0.05) is 11.6 Å². The third kappa shape index (κ3) is 3.07. The van der Waals surface area contributed by atoms with E-state index in [1.54, 1.807) is 43.2 Å². The average molecular weight is 292 g/mol. The first-order chi connectivity index (χ1) is 9.42. The number of anilines is 1. The summed E-state index contributed by atoms with van der Waals surface area (Å²) in [6, 6.07) is 5.16. The lowest BCUT2D eigenvalue weighted by Gasteiger charge is -2.22. The topological polar surface area (TPSA) is 86.8 Å². The molecule has 2 aromatic heterocycles. The molecule has 2 aromatic rings. The monoisotopic (exact) mass is 291 g/mol. The maximum Gasteiger partial charge on any atom is 0.161 e. The zero-order chi connectivity index (χ0) is 14.8. The molecule has 0 saturated carbocycles. The number of pyridine rings is 1. The molecule has 0 saturated heterocycles. The Labute approximate surface area is 121 Å². The molecule has 0 amide bonds. The van der Waals surface area contributed by atoms with Crippen molar-refractivity contribution in [2.24, 2.45) is 7.05 Å². The van der Waals surface area contributed by atoms with Crippen LogP contribution in [0.5, 0.6) is 0 Å². The third-order valence-electron chi connectivity index (χ3n) is 2.89. The van der Waals surface area contributed by atoms with Crippen molar-refractivity contribution in [1.29, 1.82) is 5.26 Å². The summed E-state index contributed by atoms with van der Waals surface area (Å²) in [5, 5.41) is 26.6. The van der Waals surface area contributed by atoms with Gasteiger partial charge in [-0.25, -0.2) is 4.98 Å². The van der Waals surface area contributed by atoms with Crippen LogP contribution in [-0.4, -0.2) is 26.4 Å². The molecule has 0 fully saturated rings. The predicted molar refractivity (Wildman–Crippen MR) is 75.2 cm³/mol. The summed E-state index contributed by atoms with van der Waals surface area (Å²) in [7, 11) is 1.78. The van der Waals surface area contributed by atoms with Crippen molar-refractivity contribution in [3.05, 3.63) is 40.8 Å². The molecular formula is C13H14ClN5O. The first-order valence-electron chi connectivity index (χ1n) is 5.94. The zero-order valence-corrected chi connectivity index (χ0v) is 11.9. The highest BCUT2D eigenvalue weighted by Gasteiger charge is 2.24. The van der Waals surface area contributed by atoms with E-state index in [0.29, 0.717) is 16.4 Å². The summed E-state index contributed by atoms with van der Waals surface area (Å²) in [5.41, 5.74) is -0.248. The molecule has 104 valence electrons. The number of halogens is 1. The molecule has 0 bridgehead atoms. The maximum atomic E-state index is 10.4.